The highest BCUT2D eigenvalue weighted by Gasteiger charge is 1.96. The lowest BCUT2D eigenvalue weighted by Gasteiger charge is -2.06. The lowest BCUT2D eigenvalue weighted by molar-refractivity contribution is 0.414. The number of benzene rings is 1. The number of nitrogens with one attached hydrogen (secondary N) is 1. The van der Waals surface area contributed by atoms with Gasteiger partial charge in [0.05, 0.1) is 7.11 Å². The minimum Gasteiger partial charge on any atom is -0.497 e. The number of rotatable bonds is 8. The van der Waals surface area contributed by atoms with Crippen LogP contribution in [0.4, 0.5) is 0 Å². The van der Waals surface area contributed by atoms with Crippen molar-refractivity contribution in [1.29, 1.82) is 0 Å². The van der Waals surface area contributed by atoms with E-state index in [2.05, 4.69) is 28.7 Å². The number of ether oxygens (including phenoxy) is 1. The van der Waals surface area contributed by atoms with Crippen LogP contribution in [0.5, 0.6) is 5.75 Å². The molecule has 4 nitrogen and oxygen atoms in total. The van der Waals surface area contributed by atoms with Gasteiger partial charge in [0.25, 0.3) is 0 Å². The van der Waals surface area contributed by atoms with E-state index in [0.29, 0.717) is 5.96 Å². The molecule has 0 aromatic heterocycles. The second-order valence-electron chi connectivity index (χ2n) is 4.14. The molecule has 1 aromatic carbocycles. The summed E-state index contributed by atoms with van der Waals surface area (Å²) in [4.78, 5) is 4.27. The van der Waals surface area contributed by atoms with Crippen LogP contribution in [0.2, 0.25) is 0 Å². The molecule has 0 saturated heterocycles. The molecule has 0 aliphatic rings. The minimum atomic E-state index is 0. The zero-order valence-corrected chi connectivity index (χ0v) is 15.2. The van der Waals surface area contributed by atoms with E-state index in [0.717, 1.165) is 37.4 Å². The van der Waals surface area contributed by atoms with Crippen molar-refractivity contribution in [2.24, 2.45) is 10.7 Å². The maximum absolute atomic E-state index is 5.78. The molecular weight excluding hydrogens is 385 g/mol. The van der Waals surface area contributed by atoms with Crippen molar-refractivity contribution in [3.05, 3.63) is 29.8 Å². The Balaban J connectivity index is 0.00000361. The minimum absolute atomic E-state index is 0. The van der Waals surface area contributed by atoms with Crippen LogP contribution >= 0.6 is 35.7 Å². The van der Waals surface area contributed by atoms with Gasteiger partial charge in [-0.2, -0.15) is 11.8 Å². The molecule has 0 bridgehead atoms. The van der Waals surface area contributed by atoms with Crippen LogP contribution in [-0.4, -0.2) is 38.2 Å². The fraction of sp³-hybridized carbons (Fsp3) is 0.500. The predicted octanol–water partition coefficient (Wildman–Crippen LogP) is 2.51. The number of methoxy groups -OCH3 is 1. The van der Waals surface area contributed by atoms with E-state index in [4.69, 9.17) is 10.5 Å². The lowest BCUT2D eigenvalue weighted by atomic mass is 10.1. The van der Waals surface area contributed by atoms with E-state index in [1.54, 1.807) is 7.11 Å². The monoisotopic (exact) mass is 409 g/mol. The Morgan fingerprint density at radius 1 is 1.35 bits per heavy atom. The molecule has 1 aromatic rings. The van der Waals surface area contributed by atoms with Gasteiger partial charge < -0.3 is 15.8 Å². The zero-order valence-electron chi connectivity index (χ0n) is 12.1. The van der Waals surface area contributed by atoms with Gasteiger partial charge in [0, 0.05) is 13.1 Å². The number of hydrogen-bond donors (Lipinski definition) is 2. The maximum Gasteiger partial charge on any atom is 0.188 e. The molecule has 0 spiro atoms. The van der Waals surface area contributed by atoms with Crippen LogP contribution in [0.15, 0.2) is 29.3 Å². The number of nitrogens with two attached hydrogens (primary N) is 1. The summed E-state index contributed by atoms with van der Waals surface area (Å²) in [6, 6.07) is 8.06. The number of hydrogen-bond acceptors (Lipinski definition) is 3. The van der Waals surface area contributed by atoms with E-state index in [-0.39, 0.29) is 24.0 Å². The normalized spacial score (nSPS) is 10.8. The summed E-state index contributed by atoms with van der Waals surface area (Å²) < 4.78 is 5.12. The van der Waals surface area contributed by atoms with Crippen LogP contribution in [0.3, 0.4) is 0 Å². The van der Waals surface area contributed by atoms with Gasteiger partial charge in [0.2, 0.25) is 0 Å². The highest BCUT2D eigenvalue weighted by molar-refractivity contribution is 14.0. The summed E-state index contributed by atoms with van der Waals surface area (Å²) in [7, 11) is 1.67. The molecule has 0 radical (unpaired) electrons. The third-order valence-corrected chi connectivity index (χ3v) is 3.36. The number of halogens is 1. The fourth-order valence-corrected chi connectivity index (χ4v) is 2.01. The third-order valence-electron chi connectivity index (χ3n) is 2.67. The summed E-state index contributed by atoms with van der Waals surface area (Å²) in [5.74, 6) is 2.55. The van der Waals surface area contributed by atoms with E-state index in [9.17, 15) is 0 Å². The smallest absolute Gasteiger partial charge is 0.188 e. The standard InChI is InChI=1S/C14H23N3OS.HI/c1-18-13-6-4-12(5-7-13)8-10-17-14(15)16-9-3-11-19-2;/h4-7H,3,8-11H2,1-2H3,(H3,15,16,17);1H. The van der Waals surface area contributed by atoms with Crippen LogP contribution < -0.4 is 15.8 Å². The molecule has 20 heavy (non-hydrogen) atoms. The molecule has 6 heteroatoms. The van der Waals surface area contributed by atoms with Gasteiger partial charge in [0.1, 0.15) is 5.75 Å². The Kier molecular flexibility index (Phi) is 11.8. The van der Waals surface area contributed by atoms with E-state index < -0.39 is 0 Å². The first-order valence-corrected chi connectivity index (χ1v) is 7.81. The van der Waals surface area contributed by atoms with Crippen LogP contribution in [0.25, 0.3) is 0 Å². The van der Waals surface area contributed by atoms with Gasteiger partial charge in [-0.25, -0.2) is 0 Å². The Hall–Kier alpha value is -0.630. The molecule has 114 valence electrons. The topological polar surface area (TPSA) is 59.6 Å². The Morgan fingerprint density at radius 2 is 2.05 bits per heavy atom. The number of guanidine groups is 1. The molecule has 0 saturated carbocycles. The number of nitrogens with zero attached hydrogens (tertiary/aromatic N) is 1. The fourth-order valence-electron chi connectivity index (χ4n) is 1.59. The molecule has 0 fully saturated rings. The van der Waals surface area contributed by atoms with Crippen LogP contribution in [0.1, 0.15) is 12.0 Å². The largest absolute Gasteiger partial charge is 0.497 e. The first-order valence-electron chi connectivity index (χ1n) is 6.42. The van der Waals surface area contributed by atoms with Crippen molar-refractivity contribution in [1.82, 2.24) is 5.32 Å². The molecular formula is C14H24IN3OS. The highest BCUT2D eigenvalue weighted by Crippen LogP contribution is 2.11. The summed E-state index contributed by atoms with van der Waals surface area (Å²) in [5.41, 5.74) is 7.03. The van der Waals surface area contributed by atoms with Gasteiger partial charge in [-0.05, 0) is 42.5 Å². The Bertz CT molecular complexity index is 385. The quantitative estimate of drug-likeness (QED) is 0.300. The van der Waals surface area contributed by atoms with Gasteiger partial charge in [-0.15, -0.1) is 24.0 Å². The van der Waals surface area contributed by atoms with Crippen molar-refractivity contribution in [2.45, 2.75) is 12.8 Å². The van der Waals surface area contributed by atoms with E-state index in [1.165, 1.54) is 5.56 Å². The summed E-state index contributed by atoms with van der Waals surface area (Å²) in [5, 5.41) is 3.13. The number of thioether (sulfide) groups is 1. The maximum atomic E-state index is 5.78. The van der Waals surface area contributed by atoms with Gasteiger partial charge in [-0.1, -0.05) is 12.1 Å². The molecule has 0 amide bonds. The first kappa shape index (κ1) is 19.4. The van der Waals surface area contributed by atoms with Gasteiger partial charge >= 0.3 is 0 Å². The SMILES string of the molecule is COc1ccc(CCNC(N)=NCCCSC)cc1.I. The molecule has 0 heterocycles. The molecule has 0 unspecified atom stereocenters. The second kappa shape index (κ2) is 12.1. The number of aliphatic imine (C=N–C) groups is 1. The molecule has 0 atom stereocenters. The van der Waals surface area contributed by atoms with Gasteiger partial charge in [0.15, 0.2) is 5.96 Å². The first-order chi connectivity index (χ1) is 9.26. The Morgan fingerprint density at radius 3 is 2.65 bits per heavy atom. The average molecular weight is 409 g/mol. The summed E-state index contributed by atoms with van der Waals surface area (Å²) in [6.07, 6.45) is 4.09. The van der Waals surface area contributed by atoms with Crippen molar-refractivity contribution in [3.8, 4) is 5.75 Å². The van der Waals surface area contributed by atoms with Crippen molar-refractivity contribution < 1.29 is 4.74 Å². The predicted molar refractivity (Wildman–Crippen MR) is 99.6 cm³/mol. The zero-order chi connectivity index (χ0) is 13.9. The molecule has 0 aliphatic heterocycles. The van der Waals surface area contributed by atoms with Crippen molar-refractivity contribution in [3.63, 3.8) is 0 Å². The van der Waals surface area contributed by atoms with E-state index in [1.807, 2.05) is 23.9 Å². The van der Waals surface area contributed by atoms with Gasteiger partial charge in [-0.3, -0.25) is 4.99 Å². The molecule has 0 aliphatic carbocycles. The van der Waals surface area contributed by atoms with Crippen LogP contribution in [-0.2, 0) is 6.42 Å². The van der Waals surface area contributed by atoms with Crippen molar-refractivity contribution >= 4 is 41.7 Å². The van der Waals surface area contributed by atoms with Crippen molar-refractivity contribution in [2.75, 3.05) is 32.2 Å². The molecule has 3 N–H and O–H groups in total. The summed E-state index contributed by atoms with van der Waals surface area (Å²) in [6.45, 7) is 1.59. The highest BCUT2D eigenvalue weighted by atomic mass is 127. The van der Waals surface area contributed by atoms with E-state index >= 15 is 0 Å². The second-order valence-corrected chi connectivity index (χ2v) is 5.12. The Labute approximate surface area is 143 Å². The lowest BCUT2D eigenvalue weighted by Crippen LogP contribution is -2.33. The summed E-state index contributed by atoms with van der Waals surface area (Å²) >= 11 is 1.83. The third kappa shape index (κ3) is 8.52. The average Bonchev–Trinajstić information content (AvgIpc) is 2.44. The van der Waals surface area contributed by atoms with Crippen LogP contribution in [0, 0.1) is 0 Å². The molecule has 1 rings (SSSR count).